The number of benzene rings is 1. The Morgan fingerprint density at radius 3 is 2.38 bits per heavy atom. The van der Waals surface area contributed by atoms with E-state index in [1.807, 2.05) is 36.2 Å². The summed E-state index contributed by atoms with van der Waals surface area (Å²) < 4.78 is 1.76. The number of aromatic nitrogens is 2. The van der Waals surface area contributed by atoms with Gasteiger partial charge < -0.3 is 20.1 Å². The molecule has 0 unspecified atom stereocenters. The lowest BCUT2D eigenvalue weighted by Gasteiger charge is -2.36. The van der Waals surface area contributed by atoms with Gasteiger partial charge in [-0.15, -0.1) is 0 Å². The van der Waals surface area contributed by atoms with Crippen LogP contribution in [0.1, 0.15) is 10.5 Å². The van der Waals surface area contributed by atoms with Gasteiger partial charge in [-0.2, -0.15) is 0 Å². The first-order valence-electron chi connectivity index (χ1n) is 7.01. The number of aryl methyl sites for hydroxylation is 1. The lowest BCUT2D eigenvalue weighted by Crippen LogP contribution is -2.49. The van der Waals surface area contributed by atoms with Crippen LogP contribution in [0.2, 0.25) is 0 Å². The van der Waals surface area contributed by atoms with E-state index in [1.165, 1.54) is 0 Å². The molecular formula is C15H19N5O. The third-order valence-corrected chi connectivity index (χ3v) is 3.86. The predicted octanol–water partition coefficient (Wildman–Crippen LogP) is 0.965. The minimum Gasteiger partial charge on any atom is -0.399 e. The molecule has 2 aromatic rings. The number of nitrogens with two attached hydrogens (primary N) is 1. The summed E-state index contributed by atoms with van der Waals surface area (Å²) >= 11 is 0. The molecule has 0 spiro atoms. The van der Waals surface area contributed by atoms with Crippen LogP contribution < -0.4 is 10.6 Å². The summed E-state index contributed by atoms with van der Waals surface area (Å²) in [5, 5.41) is 0. The lowest BCUT2D eigenvalue weighted by atomic mass is 10.2. The van der Waals surface area contributed by atoms with Gasteiger partial charge in [0, 0.05) is 44.6 Å². The number of carbonyl (C=O) groups excluding carboxylic acids is 1. The van der Waals surface area contributed by atoms with Crippen molar-refractivity contribution in [2.45, 2.75) is 0 Å². The van der Waals surface area contributed by atoms with Gasteiger partial charge in [0.25, 0.3) is 5.91 Å². The molecule has 1 fully saturated rings. The van der Waals surface area contributed by atoms with E-state index in [0.29, 0.717) is 18.8 Å². The minimum atomic E-state index is 0.0481. The Labute approximate surface area is 123 Å². The largest absolute Gasteiger partial charge is 0.399 e. The fraction of sp³-hybridized carbons (Fsp3) is 0.333. The molecular weight excluding hydrogens is 266 g/mol. The molecule has 2 N–H and O–H groups in total. The highest BCUT2D eigenvalue weighted by Gasteiger charge is 2.23. The summed E-state index contributed by atoms with van der Waals surface area (Å²) in [4.78, 5) is 20.6. The van der Waals surface area contributed by atoms with Gasteiger partial charge in [-0.3, -0.25) is 4.79 Å². The fourth-order valence-corrected chi connectivity index (χ4v) is 2.58. The normalized spacial score (nSPS) is 15.3. The summed E-state index contributed by atoms with van der Waals surface area (Å²) in [6.45, 7) is 3.09. The topological polar surface area (TPSA) is 67.4 Å². The standard InChI is InChI=1S/C15H19N5O/c1-18-11-17-10-14(18)15(21)20-8-6-19(7-9-20)13-4-2-12(16)3-5-13/h2-5,10-11H,6-9,16H2,1H3. The maximum absolute atomic E-state index is 12.4. The molecule has 1 aromatic heterocycles. The fourth-order valence-electron chi connectivity index (χ4n) is 2.58. The molecule has 21 heavy (non-hydrogen) atoms. The van der Waals surface area contributed by atoms with E-state index < -0.39 is 0 Å². The molecule has 1 saturated heterocycles. The molecule has 0 aliphatic carbocycles. The van der Waals surface area contributed by atoms with Crippen molar-refractivity contribution in [3.05, 3.63) is 42.5 Å². The van der Waals surface area contributed by atoms with Crippen molar-refractivity contribution in [2.24, 2.45) is 7.05 Å². The molecule has 1 aliphatic heterocycles. The quantitative estimate of drug-likeness (QED) is 0.835. The van der Waals surface area contributed by atoms with Crippen LogP contribution in [0.4, 0.5) is 11.4 Å². The van der Waals surface area contributed by atoms with Crippen LogP contribution in [-0.2, 0) is 7.05 Å². The van der Waals surface area contributed by atoms with E-state index in [-0.39, 0.29) is 5.91 Å². The zero-order chi connectivity index (χ0) is 14.8. The molecule has 0 radical (unpaired) electrons. The van der Waals surface area contributed by atoms with Crippen molar-refractivity contribution in [3.8, 4) is 0 Å². The summed E-state index contributed by atoms with van der Waals surface area (Å²) in [6.07, 6.45) is 3.27. The van der Waals surface area contributed by atoms with E-state index in [4.69, 9.17) is 5.73 Å². The Hall–Kier alpha value is -2.50. The monoisotopic (exact) mass is 285 g/mol. The highest BCUT2D eigenvalue weighted by atomic mass is 16.2. The van der Waals surface area contributed by atoms with Crippen molar-refractivity contribution in [1.29, 1.82) is 0 Å². The molecule has 0 atom stereocenters. The van der Waals surface area contributed by atoms with Gasteiger partial charge in [0.1, 0.15) is 5.69 Å². The summed E-state index contributed by atoms with van der Waals surface area (Å²) in [6, 6.07) is 7.85. The summed E-state index contributed by atoms with van der Waals surface area (Å²) in [5.41, 5.74) is 8.26. The smallest absolute Gasteiger partial charge is 0.272 e. The number of piperazine rings is 1. The molecule has 0 bridgehead atoms. The highest BCUT2D eigenvalue weighted by molar-refractivity contribution is 5.92. The number of carbonyl (C=O) groups is 1. The SMILES string of the molecule is Cn1cncc1C(=O)N1CCN(c2ccc(N)cc2)CC1. The van der Waals surface area contributed by atoms with Gasteiger partial charge in [-0.05, 0) is 24.3 Å². The van der Waals surface area contributed by atoms with Crippen molar-refractivity contribution in [1.82, 2.24) is 14.5 Å². The van der Waals surface area contributed by atoms with E-state index in [1.54, 1.807) is 17.1 Å². The number of nitrogen functional groups attached to an aromatic ring is 1. The molecule has 1 aliphatic rings. The number of hydrogen-bond donors (Lipinski definition) is 1. The predicted molar refractivity (Wildman–Crippen MR) is 82.2 cm³/mol. The Bertz CT molecular complexity index is 626. The average molecular weight is 285 g/mol. The van der Waals surface area contributed by atoms with Gasteiger partial charge in [0.15, 0.2) is 0 Å². The number of imidazole rings is 1. The van der Waals surface area contributed by atoms with E-state index in [9.17, 15) is 4.79 Å². The molecule has 1 aromatic carbocycles. The summed E-state index contributed by atoms with van der Waals surface area (Å²) in [5.74, 6) is 0.0481. The maximum Gasteiger partial charge on any atom is 0.272 e. The first kappa shape index (κ1) is 13.5. The molecule has 2 heterocycles. The van der Waals surface area contributed by atoms with Gasteiger partial charge in [0.2, 0.25) is 0 Å². The van der Waals surface area contributed by atoms with Crippen molar-refractivity contribution >= 4 is 17.3 Å². The number of amides is 1. The number of rotatable bonds is 2. The Kier molecular flexibility index (Phi) is 3.51. The van der Waals surface area contributed by atoms with E-state index >= 15 is 0 Å². The van der Waals surface area contributed by atoms with Crippen LogP contribution in [0.3, 0.4) is 0 Å². The van der Waals surface area contributed by atoms with Gasteiger partial charge in [0.05, 0.1) is 12.5 Å². The Balaban J connectivity index is 1.64. The zero-order valence-corrected chi connectivity index (χ0v) is 12.1. The van der Waals surface area contributed by atoms with Crippen LogP contribution in [-0.4, -0.2) is 46.5 Å². The number of anilines is 2. The minimum absolute atomic E-state index is 0.0481. The van der Waals surface area contributed by atoms with Crippen LogP contribution >= 0.6 is 0 Å². The third-order valence-electron chi connectivity index (χ3n) is 3.86. The van der Waals surface area contributed by atoms with Gasteiger partial charge in [-0.25, -0.2) is 4.98 Å². The summed E-state index contributed by atoms with van der Waals surface area (Å²) in [7, 11) is 1.84. The van der Waals surface area contributed by atoms with Crippen LogP contribution in [0.5, 0.6) is 0 Å². The number of hydrogen-bond acceptors (Lipinski definition) is 4. The highest BCUT2D eigenvalue weighted by Crippen LogP contribution is 2.18. The molecule has 1 amide bonds. The van der Waals surface area contributed by atoms with Crippen molar-refractivity contribution < 1.29 is 4.79 Å². The van der Waals surface area contributed by atoms with Gasteiger partial charge >= 0.3 is 0 Å². The maximum atomic E-state index is 12.4. The van der Waals surface area contributed by atoms with E-state index in [0.717, 1.165) is 24.5 Å². The van der Waals surface area contributed by atoms with Gasteiger partial charge in [-0.1, -0.05) is 0 Å². The van der Waals surface area contributed by atoms with Crippen LogP contribution in [0.25, 0.3) is 0 Å². The Morgan fingerprint density at radius 2 is 1.81 bits per heavy atom. The van der Waals surface area contributed by atoms with Crippen molar-refractivity contribution in [2.75, 3.05) is 36.8 Å². The Morgan fingerprint density at radius 1 is 1.14 bits per heavy atom. The first-order valence-corrected chi connectivity index (χ1v) is 7.01. The molecule has 110 valence electrons. The van der Waals surface area contributed by atoms with Crippen LogP contribution in [0, 0.1) is 0 Å². The molecule has 6 heteroatoms. The zero-order valence-electron chi connectivity index (χ0n) is 12.1. The molecule has 6 nitrogen and oxygen atoms in total. The second kappa shape index (κ2) is 5.47. The lowest BCUT2D eigenvalue weighted by molar-refractivity contribution is 0.0737. The van der Waals surface area contributed by atoms with Crippen LogP contribution in [0.15, 0.2) is 36.8 Å². The van der Waals surface area contributed by atoms with E-state index in [2.05, 4.69) is 9.88 Å². The molecule has 3 rings (SSSR count). The first-order chi connectivity index (χ1) is 10.1. The molecule has 0 saturated carbocycles. The van der Waals surface area contributed by atoms with Crippen molar-refractivity contribution in [3.63, 3.8) is 0 Å². The second-order valence-corrected chi connectivity index (χ2v) is 5.26. The second-order valence-electron chi connectivity index (χ2n) is 5.26. The average Bonchev–Trinajstić information content (AvgIpc) is 2.94. The number of nitrogens with zero attached hydrogens (tertiary/aromatic N) is 4. The third kappa shape index (κ3) is 2.69.